The highest BCUT2D eigenvalue weighted by Gasteiger charge is 2.45. The summed E-state index contributed by atoms with van der Waals surface area (Å²) in [7, 11) is 0. The Morgan fingerprint density at radius 2 is 2.14 bits per heavy atom. The highest BCUT2D eigenvalue weighted by molar-refractivity contribution is 6.30. The second-order valence-corrected chi connectivity index (χ2v) is 7.42. The number of nitrogens with zero attached hydrogens (tertiary/aromatic N) is 3. The van der Waals surface area contributed by atoms with Gasteiger partial charge in [-0.05, 0) is 49.7 Å². The Morgan fingerprint density at radius 1 is 1.36 bits per heavy atom. The molecule has 3 heterocycles. The summed E-state index contributed by atoms with van der Waals surface area (Å²) in [6.07, 6.45) is 4.63. The topological polar surface area (TPSA) is 59.4 Å². The van der Waals surface area contributed by atoms with Crippen LogP contribution in [0.15, 0.2) is 36.7 Å². The maximum Gasteiger partial charge on any atom is 0.250 e. The lowest BCUT2D eigenvalue weighted by Crippen LogP contribution is -2.57. The van der Waals surface area contributed by atoms with Gasteiger partial charge in [0.2, 0.25) is 0 Å². The second kappa shape index (κ2) is 8.78. The van der Waals surface area contributed by atoms with Crippen molar-refractivity contribution in [1.29, 1.82) is 0 Å². The van der Waals surface area contributed by atoms with E-state index in [1.54, 1.807) is 23.0 Å². The minimum absolute atomic E-state index is 0. The van der Waals surface area contributed by atoms with Gasteiger partial charge in [-0.1, -0.05) is 17.7 Å². The zero-order chi connectivity index (χ0) is 18.9. The summed E-state index contributed by atoms with van der Waals surface area (Å²) >= 11 is 5.91. The molecule has 1 N–H and O–H groups in total. The molecule has 0 spiro atoms. The summed E-state index contributed by atoms with van der Waals surface area (Å²) in [5, 5.41) is 7.76. The molecule has 1 aromatic carbocycles. The van der Waals surface area contributed by atoms with Gasteiger partial charge in [-0.2, -0.15) is 5.10 Å². The third-order valence-electron chi connectivity index (χ3n) is 5.44. The van der Waals surface area contributed by atoms with Crippen molar-refractivity contribution < 1.29 is 13.9 Å². The van der Waals surface area contributed by atoms with Crippen molar-refractivity contribution in [2.75, 3.05) is 32.8 Å². The molecule has 2 aliphatic rings. The monoisotopic (exact) mass is 428 g/mol. The molecule has 0 saturated carbocycles. The molecule has 0 aliphatic carbocycles. The van der Waals surface area contributed by atoms with Crippen LogP contribution >= 0.6 is 24.0 Å². The molecule has 0 bridgehead atoms. The van der Waals surface area contributed by atoms with Crippen molar-refractivity contribution in [3.8, 4) is 0 Å². The van der Waals surface area contributed by atoms with Crippen molar-refractivity contribution in [2.45, 2.75) is 24.5 Å². The highest BCUT2D eigenvalue weighted by Crippen LogP contribution is 2.32. The molecular formula is C19H23Cl2FN4O2. The Balaban J connectivity index is 0.00000225. The minimum atomic E-state index is -0.670. The number of aromatic nitrogens is 2. The van der Waals surface area contributed by atoms with Gasteiger partial charge in [0.05, 0.1) is 18.2 Å². The Labute approximate surface area is 174 Å². The Morgan fingerprint density at radius 3 is 2.82 bits per heavy atom. The fraction of sp³-hybridized carbons (Fsp3) is 0.474. The molecule has 1 unspecified atom stereocenters. The van der Waals surface area contributed by atoms with Crippen LogP contribution in [-0.4, -0.2) is 53.4 Å². The number of ether oxygens (including phenoxy) is 1. The van der Waals surface area contributed by atoms with Crippen LogP contribution < -0.4 is 5.32 Å². The van der Waals surface area contributed by atoms with E-state index in [2.05, 4.69) is 10.4 Å². The van der Waals surface area contributed by atoms with E-state index in [4.69, 9.17) is 16.3 Å². The molecule has 0 radical (unpaired) electrons. The molecule has 2 aromatic rings. The van der Waals surface area contributed by atoms with Crippen LogP contribution in [0.1, 0.15) is 24.5 Å². The van der Waals surface area contributed by atoms with Gasteiger partial charge in [-0.25, -0.2) is 4.39 Å². The summed E-state index contributed by atoms with van der Waals surface area (Å²) in [5.41, 5.74) is 0.106. The maximum atomic E-state index is 13.6. The first-order chi connectivity index (χ1) is 13.1. The van der Waals surface area contributed by atoms with E-state index in [0.717, 1.165) is 18.7 Å². The summed E-state index contributed by atoms with van der Waals surface area (Å²) in [6, 6.07) is 6.41. The number of benzene rings is 1. The van der Waals surface area contributed by atoms with Crippen LogP contribution in [0.3, 0.4) is 0 Å². The predicted octanol–water partition coefficient (Wildman–Crippen LogP) is 2.78. The van der Waals surface area contributed by atoms with Crippen molar-refractivity contribution >= 4 is 29.9 Å². The van der Waals surface area contributed by atoms with Crippen molar-refractivity contribution in [3.05, 3.63) is 53.1 Å². The van der Waals surface area contributed by atoms with Crippen LogP contribution in [0.2, 0.25) is 5.02 Å². The summed E-state index contributed by atoms with van der Waals surface area (Å²) in [4.78, 5) is 15.4. The summed E-state index contributed by atoms with van der Waals surface area (Å²) in [5.74, 6) is -0.397. The van der Waals surface area contributed by atoms with Crippen molar-refractivity contribution in [3.63, 3.8) is 0 Å². The molecule has 6 nitrogen and oxygen atoms in total. The van der Waals surface area contributed by atoms with E-state index >= 15 is 0 Å². The summed E-state index contributed by atoms with van der Waals surface area (Å²) < 4.78 is 21.1. The van der Waals surface area contributed by atoms with E-state index < -0.39 is 11.4 Å². The van der Waals surface area contributed by atoms with Gasteiger partial charge in [0.25, 0.3) is 5.91 Å². The minimum Gasteiger partial charge on any atom is -0.370 e. The first-order valence-electron chi connectivity index (χ1n) is 9.17. The molecule has 28 heavy (non-hydrogen) atoms. The van der Waals surface area contributed by atoms with Gasteiger partial charge in [-0.15, -0.1) is 12.4 Å². The maximum absolute atomic E-state index is 13.6. The van der Waals surface area contributed by atoms with E-state index in [-0.39, 0.29) is 29.4 Å². The van der Waals surface area contributed by atoms with Gasteiger partial charge in [0.1, 0.15) is 17.5 Å². The number of amides is 1. The lowest BCUT2D eigenvalue weighted by Gasteiger charge is -2.42. The number of hydrogen-bond donors (Lipinski definition) is 1. The van der Waals surface area contributed by atoms with Gasteiger partial charge >= 0.3 is 0 Å². The first kappa shape index (κ1) is 21.0. The largest absolute Gasteiger partial charge is 0.370 e. The van der Waals surface area contributed by atoms with E-state index in [0.29, 0.717) is 32.5 Å². The Bertz CT molecular complexity index is 812. The normalized spacial score (nSPS) is 21.8. The lowest BCUT2D eigenvalue weighted by molar-refractivity contribution is -0.151. The predicted molar refractivity (Wildman–Crippen MR) is 106 cm³/mol. The number of hydrogen-bond acceptors (Lipinski definition) is 4. The van der Waals surface area contributed by atoms with Crippen molar-refractivity contribution in [1.82, 2.24) is 20.0 Å². The molecule has 2 saturated heterocycles. The van der Waals surface area contributed by atoms with Gasteiger partial charge in [0, 0.05) is 18.9 Å². The average molecular weight is 429 g/mol. The van der Waals surface area contributed by atoms with Gasteiger partial charge in [0.15, 0.2) is 0 Å². The number of carbonyl (C=O) groups excluding carboxylic acids is 1. The van der Waals surface area contributed by atoms with E-state index in [1.165, 1.54) is 6.07 Å². The first-order valence-corrected chi connectivity index (χ1v) is 9.55. The third kappa shape index (κ3) is 3.89. The fourth-order valence-corrected chi connectivity index (χ4v) is 4.13. The van der Waals surface area contributed by atoms with Gasteiger partial charge < -0.3 is 15.0 Å². The molecule has 2 aliphatic heterocycles. The number of halogens is 3. The van der Waals surface area contributed by atoms with Crippen LogP contribution in [0.25, 0.3) is 0 Å². The standard InChI is InChI=1S/C19H22ClFN4O2.ClH/c20-15-12-14(2-3-16(15)21)17-13-24(10-11-27-17)18(26)19(4-7-22-8-5-19)25-9-1-6-23-25;/h1-3,6,9,12,17,22H,4-5,7-8,10-11,13H2;1H. The molecule has 9 heteroatoms. The Kier molecular flexibility index (Phi) is 6.60. The second-order valence-electron chi connectivity index (χ2n) is 7.02. The smallest absolute Gasteiger partial charge is 0.250 e. The molecular weight excluding hydrogens is 406 g/mol. The SMILES string of the molecule is Cl.O=C(N1CCOC(c2ccc(F)c(Cl)c2)C1)C1(n2cccn2)CCNCC1. The number of nitrogens with one attached hydrogen (secondary N) is 1. The molecule has 4 rings (SSSR count). The van der Waals surface area contributed by atoms with Crippen LogP contribution in [0.4, 0.5) is 4.39 Å². The average Bonchev–Trinajstić information content (AvgIpc) is 3.25. The van der Waals surface area contributed by atoms with E-state index in [1.807, 2.05) is 17.2 Å². The zero-order valence-corrected chi connectivity index (χ0v) is 16.9. The lowest BCUT2D eigenvalue weighted by atomic mass is 9.86. The molecule has 1 atom stereocenters. The molecule has 152 valence electrons. The van der Waals surface area contributed by atoms with Crippen molar-refractivity contribution in [2.24, 2.45) is 0 Å². The number of morpholine rings is 1. The highest BCUT2D eigenvalue weighted by atomic mass is 35.5. The van der Waals surface area contributed by atoms with Gasteiger partial charge in [-0.3, -0.25) is 9.48 Å². The van der Waals surface area contributed by atoms with Crippen LogP contribution in [0.5, 0.6) is 0 Å². The zero-order valence-electron chi connectivity index (χ0n) is 15.3. The quantitative estimate of drug-likeness (QED) is 0.816. The molecule has 1 aromatic heterocycles. The van der Waals surface area contributed by atoms with Crippen LogP contribution in [-0.2, 0) is 15.1 Å². The number of piperidine rings is 1. The number of carbonyl (C=O) groups is 1. The van der Waals surface area contributed by atoms with E-state index in [9.17, 15) is 9.18 Å². The fourth-order valence-electron chi connectivity index (χ4n) is 3.95. The molecule has 2 fully saturated rings. The number of rotatable bonds is 3. The Hall–Kier alpha value is -1.67. The third-order valence-corrected chi connectivity index (χ3v) is 5.73. The van der Waals surface area contributed by atoms with Crippen LogP contribution in [0, 0.1) is 5.82 Å². The molecule has 1 amide bonds. The summed E-state index contributed by atoms with van der Waals surface area (Å²) in [6.45, 7) is 2.91.